The summed E-state index contributed by atoms with van der Waals surface area (Å²) in [5.74, 6) is 2.21. The van der Waals surface area contributed by atoms with Crippen molar-refractivity contribution < 1.29 is 0 Å². The fourth-order valence-electron chi connectivity index (χ4n) is 2.33. The minimum absolute atomic E-state index is 0.252. The Hall–Kier alpha value is -2.44. The van der Waals surface area contributed by atoms with Crippen molar-refractivity contribution >= 4 is 16.9 Å². The Bertz CT molecular complexity index is 761. The molecule has 0 bridgehead atoms. The van der Waals surface area contributed by atoms with Gasteiger partial charge in [-0.15, -0.1) is 0 Å². The second-order valence-electron chi connectivity index (χ2n) is 5.20. The van der Waals surface area contributed by atoms with Gasteiger partial charge in [-0.05, 0) is 19.8 Å². The molecule has 0 aliphatic carbocycles. The Morgan fingerprint density at radius 1 is 1.25 bits per heavy atom. The summed E-state index contributed by atoms with van der Waals surface area (Å²) in [4.78, 5) is 8.71. The summed E-state index contributed by atoms with van der Waals surface area (Å²) in [7, 11) is 0. The molecule has 0 amide bonds. The van der Waals surface area contributed by atoms with E-state index in [4.69, 9.17) is 5.73 Å². The van der Waals surface area contributed by atoms with Gasteiger partial charge in [0.05, 0.1) is 11.1 Å². The topological polar surface area (TPSA) is 98.3 Å². The van der Waals surface area contributed by atoms with Crippen molar-refractivity contribution in [2.45, 2.75) is 33.6 Å². The number of fused-ring (bicyclic) bond motifs is 1. The summed E-state index contributed by atoms with van der Waals surface area (Å²) < 4.78 is 1.72. The molecule has 3 rings (SSSR count). The molecule has 3 N–H and O–H groups in total. The Morgan fingerprint density at radius 2 is 2.00 bits per heavy atom. The van der Waals surface area contributed by atoms with Crippen LogP contribution in [0.3, 0.4) is 0 Å². The monoisotopic (exact) mass is 271 g/mol. The molecule has 7 heteroatoms. The fraction of sp³-hybridized carbons (Fsp3) is 0.385. The third-order valence-electron chi connectivity index (χ3n) is 3.16. The van der Waals surface area contributed by atoms with Crippen molar-refractivity contribution in [3.63, 3.8) is 0 Å². The van der Waals surface area contributed by atoms with E-state index in [0.29, 0.717) is 23.1 Å². The number of anilines is 1. The molecular formula is C13H17N7. The van der Waals surface area contributed by atoms with Crippen molar-refractivity contribution in [3.8, 4) is 5.82 Å². The molecule has 0 spiro atoms. The standard InChI is InChI=1S/C13H17N7/c1-6(2)11-10-12(14)17-18-13(10)20(19-11)9-5-7(3)15-8(4)16-9/h5-6H,1-4H3,(H3,14,17,18). The van der Waals surface area contributed by atoms with Gasteiger partial charge in [-0.3, -0.25) is 5.10 Å². The minimum atomic E-state index is 0.252. The van der Waals surface area contributed by atoms with Gasteiger partial charge < -0.3 is 5.73 Å². The molecule has 0 fully saturated rings. The zero-order valence-electron chi connectivity index (χ0n) is 12.0. The highest BCUT2D eigenvalue weighted by Gasteiger charge is 2.20. The molecular weight excluding hydrogens is 254 g/mol. The SMILES string of the molecule is Cc1cc(-n2nc(C(C)C)c3c(N)[nH]nc32)nc(C)n1. The fourth-order valence-corrected chi connectivity index (χ4v) is 2.33. The highest BCUT2D eigenvalue weighted by Crippen LogP contribution is 2.29. The zero-order chi connectivity index (χ0) is 14.4. The lowest BCUT2D eigenvalue weighted by atomic mass is 10.1. The number of nitrogens with one attached hydrogen (secondary N) is 1. The molecule has 0 aliphatic rings. The van der Waals surface area contributed by atoms with E-state index in [1.165, 1.54) is 0 Å². The summed E-state index contributed by atoms with van der Waals surface area (Å²) in [6, 6.07) is 1.88. The lowest BCUT2D eigenvalue weighted by molar-refractivity contribution is 0.755. The number of aromatic amines is 1. The van der Waals surface area contributed by atoms with E-state index in [1.54, 1.807) is 4.68 Å². The number of nitrogens with two attached hydrogens (primary N) is 1. The van der Waals surface area contributed by atoms with E-state index in [1.807, 2.05) is 19.9 Å². The first-order valence-electron chi connectivity index (χ1n) is 6.52. The Labute approximate surface area is 116 Å². The third kappa shape index (κ3) is 1.82. The van der Waals surface area contributed by atoms with Gasteiger partial charge in [0.1, 0.15) is 11.6 Å². The molecule has 20 heavy (non-hydrogen) atoms. The normalized spacial score (nSPS) is 11.7. The van der Waals surface area contributed by atoms with E-state index in [2.05, 4.69) is 39.1 Å². The molecule has 0 aromatic carbocycles. The number of hydrogen-bond donors (Lipinski definition) is 2. The average Bonchev–Trinajstić information content (AvgIpc) is 2.89. The van der Waals surface area contributed by atoms with Gasteiger partial charge in [-0.2, -0.15) is 14.9 Å². The van der Waals surface area contributed by atoms with Gasteiger partial charge >= 0.3 is 0 Å². The molecule has 0 aliphatic heterocycles. The van der Waals surface area contributed by atoms with Crippen molar-refractivity contribution in [1.82, 2.24) is 29.9 Å². The van der Waals surface area contributed by atoms with Crippen LogP contribution in [-0.4, -0.2) is 29.9 Å². The van der Waals surface area contributed by atoms with E-state index < -0.39 is 0 Å². The van der Waals surface area contributed by atoms with Crippen LogP contribution in [0, 0.1) is 13.8 Å². The highest BCUT2D eigenvalue weighted by molar-refractivity contribution is 5.90. The molecule has 0 unspecified atom stereocenters. The van der Waals surface area contributed by atoms with E-state index in [9.17, 15) is 0 Å². The lowest BCUT2D eigenvalue weighted by Crippen LogP contribution is -2.05. The van der Waals surface area contributed by atoms with Crippen LogP contribution in [0.25, 0.3) is 16.9 Å². The molecule has 104 valence electrons. The summed E-state index contributed by atoms with van der Waals surface area (Å²) >= 11 is 0. The van der Waals surface area contributed by atoms with E-state index in [-0.39, 0.29) is 5.92 Å². The molecule has 0 atom stereocenters. The van der Waals surface area contributed by atoms with Crippen LogP contribution in [0.2, 0.25) is 0 Å². The lowest BCUT2D eigenvalue weighted by Gasteiger charge is -2.04. The molecule has 0 saturated heterocycles. The van der Waals surface area contributed by atoms with Crippen LogP contribution in [0.4, 0.5) is 5.82 Å². The summed E-state index contributed by atoms with van der Waals surface area (Å²) in [5.41, 5.74) is 8.47. The van der Waals surface area contributed by atoms with Gasteiger partial charge in [0.15, 0.2) is 11.5 Å². The quantitative estimate of drug-likeness (QED) is 0.741. The predicted molar refractivity (Wildman–Crippen MR) is 76.8 cm³/mol. The van der Waals surface area contributed by atoms with Crippen LogP contribution in [0.15, 0.2) is 6.07 Å². The van der Waals surface area contributed by atoms with Crippen LogP contribution in [0.5, 0.6) is 0 Å². The van der Waals surface area contributed by atoms with Crippen molar-refractivity contribution in [2.24, 2.45) is 0 Å². The Kier molecular flexibility index (Phi) is 2.70. The van der Waals surface area contributed by atoms with Gasteiger partial charge in [0.25, 0.3) is 0 Å². The van der Waals surface area contributed by atoms with Crippen molar-refractivity contribution in [2.75, 3.05) is 5.73 Å². The molecule has 3 aromatic heterocycles. The maximum atomic E-state index is 5.96. The molecule has 0 radical (unpaired) electrons. The average molecular weight is 271 g/mol. The highest BCUT2D eigenvalue weighted by atomic mass is 15.4. The van der Waals surface area contributed by atoms with Crippen LogP contribution >= 0.6 is 0 Å². The van der Waals surface area contributed by atoms with Crippen LogP contribution in [-0.2, 0) is 0 Å². The number of aryl methyl sites for hydroxylation is 2. The summed E-state index contributed by atoms with van der Waals surface area (Å²) in [6.45, 7) is 7.95. The second kappa shape index (κ2) is 4.29. The third-order valence-corrected chi connectivity index (χ3v) is 3.16. The zero-order valence-corrected chi connectivity index (χ0v) is 12.0. The molecule has 7 nitrogen and oxygen atoms in total. The van der Waals surface area contributed by atoms with Crippen LogP contribution < -0.4 is 5.73 Å². The predicted octanol–water partition coefficient (Wildman–Crippen LogP) is 1.86. The van der Waals surface area contributed by atoms with E-state index >= 15 is 0 Å². The maximum absolute atomic E-state index is 5.96. The van der Waals surface area contributed by atoms with Crippen LogP contribution in [0.1, 0.15) is 37.0 Å². The number of H-pyrrole nitrogens is 1. The summed E-state index contributed by atoms with van der Waals surface area (Å²) in [5, 5.41) is 12.6. The van der Waals surface area contributed by atoms with Crippen molar-refractivity contribution in [1.29, 1.82) is 0 Å². The summed E-state index contributed by atoms with van der Waals surface area (Å²) in [6.07, 6.45) is 0. The first-order chi connectivity index (χ1) is 9.47. The Balaban J connectivity index is 2.31. The number of aromatic nitrogens is 6. The number of hydrogen-bond acceptors (Lipinski definition) is 5. The minimum Gasteiger partial charge on any atom is -0.383 e. The first-order valence-corrected chi connectivity index (χ1v) is 6.52. The number of nitrogens with zero attached hydrogens (tertiary/aromatic N) is 5. The van der Waals surface area contributed by atoms with Gasteiger partial charge in [-0.25, -0.2) is 9.97 Å². The Morgan fingerprint density at radius 3 is 2.65 bits per heavy atom. The molecule has 0 saturated carbocycles. The van der Waals surface area contributed by atoms with Crippen molar-refractivity contribution in [3.05, 3.63) is 23.3 Å². The van der Waals surface area contributed by atoms with E-state index in [0.717, 1.165) is 16.8 Å². The molecule has 3 aromatic rings. The largest absolute Gasteiger partial charge is 0.383 e. The van der Waals surface area contributed by atoms with Gasteiger partial charge in [-0.1, -0.05) is 13.8 Å². The second-order valence-corrected chi connectivity index (χ2v) is 5.20. The smallest absolute Gasteiger partial charge is 0.188 e. The first kappa shape index (κ1) is 12.6. The maximum Gasteiger partial charge on any atom is 0.188 e. The van der Waals surface area contributed by atoms with Gasteiger partial charge in [0, 0.05) is 11.8 Å². The number of nitrogen functional groups attached to an aromatic ring is 1. The van der Waals surface area contributed by atoms with Gasteiger partial charge in [0.2, 0.25) is 0 Å². The number of rotatable bonds is 2. The molecule has 3 heterocycles.